The highest BCUT2D eigenvalue weighted by atomic mass is 16.5. The molecule has 3 heteroatoms. The summed E-state index contributed by atoms with van der Waals surface area (Å²) in [6.07, 6.45) is 2.36. The molecule has 88 valence electrons. The Morgan fingerprint density at radius 3 is 2.81 bits per heavy atom. The number of methoxy groups -OCH3 is 1. The van der Waals surface area contributed by atoms with Crippen molar-refractivity contribution in [3.63, 3.8) is 0 Å². The maximum Gasteiger partial charge on any atom is 0.119 e. The fourth-order valence-electron chi connectivity index (χ4n) is 2.23. The van der Waals surface area contributed by atoms with Crippen LogP contribution in [0.3, 0.4) is 0 Å². The van der Waals surface area contributed by atoms with Gasteiger partial charge >= 0.3 is 0 Å². The molecule has 2 rings (SSSR count). The van der Waals surface area contributed by atoms with Crippen LogP contribution in [0.5, 0.6) is 5.75 Å². The van der Waals surface area contributed by atoms with Gasteiger partial charge in [-0.05, 0) is 43.6 Å². The summed E-state index contributed by atoms with van der Waals surface area (Å²) >= 11 is 0. The monoisotopic (exact) mass is 221 g/mol. The van der Waals surface area contributed by atoms with Crippen LogP contribution >= 0.6 is 0 Å². The highest BCUT2D eigenvalue weighted by Gasteiger charge is 2.29. The van der Waals surface area contributed by atoms with Gasteiger partial charge < -0.3 is 15.2 Å². The van der Waals surface area contributed by atoms with Crippen molar-refractivity contribution >= 4 is 0 Å². The molecule has 0 aliphatic carbocycles. The molecule has 0 atom stereocenters. The van der Waals surface area contributed by atoms with E-state index in [1.54, 1.807) is 7.11 Å². The lowest BCUT2D eigenvalue weighted by Gasteiger charge is -2.32. The molecule has 1 heterocycles. The minimum atomic E-state index is -0.544. The fourth-order valence-corrected chi connectivity index (χ4v) is 2.23. The highest BCUT2D eigenvalue weighted by molar-refractivity contribution is 5.29. The van der Waals surface area contributed by atoms with Crippen LogP contribution < -0.4 is 10.1 Å². The normalized spacial score (nSPS) is 19.4. The molecule has 1 aliphatic heterocycles. The van der Waals surface area contributed by atoms with Gasteiger partial charge in [0.25, 0.3) is 0 Å². The summed E-state index contributed by atoms with van der Waals surface area (Å²) in [5, 5.41) is 13.7. The predicted octanol–water partition coefficient (Wildman–Crippen LogP) is 1.35. The van der Waals surface area contributed by atoms with E-state index in [4.69, 9.17) is 4.74 Å². The summed E-state index contributed by atoms with van der Waals surface area (Å²) < 4.78 is 5.18. The summed E-state index contributed by atoms with van der Waals surface area (Å²) in [7, 11) is 1.67. The van der Waals surface area contributed by atoms with E-state index < -0.39 is 5.60 Å². The zero-order valence-corrected chi connectivity index (χ0v) is 9.70. The third kappa shape index (κ3) is 2.74. The molecular formula is C13H19NO2. The first-order valence-corrected chi connectivity index (χ1v) is 5.78. The van der Waals surface area contributed by atoms with Gasteiger partial charge in [0.15, 0.2) is 0 Å². The molecule has 2 N–H and O–H groups in total. The van der Waals surface area contributed by atoms with E-state index in [2.05, 4.69) is 5.32 Å². The van der Waals surface area contributed by atoms with Gasteiger partial charge in [0.05, 0.1) is 12.7 Å². The van der Waals surface area contributed by atoms with Crippen LogP contribution in [0, 0.1) is 0 Å². The van der Waals surface area contributed by atoms with Gasteiger partial charge in [-0.1, -0.05) is 12.1 Å². The topological polar surface area (TPSA) is 41.5 Å². The van der Waals surface area contributed by atoms with Gasteiger partial charge in [-0.15, -0.1) is 0 Å². The largest absolute Gasteiger partial charge is 0.497 e. The van der Waals surface area contributed by atoms with Crippen molar-refractivity contribution in [3.05, 3.63) is 29.8 Å². The zero-order valence-electron chi connectivity index (χ0n) is 9.70. The molecule has 0 saturated carbocycles. The maximum atomic E-state index is 10.4. The Morgan fingerprint density at radius 1 is 1.38 bits per heavy atom. The van der Waals surface area contributed by atoms with Crippen molar-refractivity contribution in [2.45, 2.75) is 24.9 Å². The van der Waals surface area contributed by atoms with Crippen molar-refractivity contribution in [2.24, 2.45) is 0 Å². The zero-order chi connectivity index (χ0) is 11.4. The van der Waals surface area contributed by atoms with Gasteiger partial charge in [0.2, 0.25) is 0 Å². The molecule has 0 radical (unpaired) electrons. The molecule has 16 heavy (non-hydrogen) atoms. The lowest BCUT2D eigenvalue weighted by Crippen LogP contribution is -2.43. The molecule has 0 aromatic heterocycles. The van der Waals surface area contributed by atoms with Crippen LogP contribution in [0.1, 0.15) is 18.4 Å². The van der Waals surface area contributed by atoms with Crippen LogP contribution in [0.15, 0.2) is 24.3 Å². The minimum absolute atomic E-state index is 0.544. The van der Waals surface area contributed by atoms with E-state index in [1.807, 2.05) is 24.3 Å². The van der Waals surface area contributed by atoms with Crippen molar-refractivity contribution in [1.29, 1.82) is 0 Å². The molecule has 0 spiro atoms. The number of piperidine rings is 1. The van der Waals surface area contributed by atoms with Crippen molar-refractivity contribution in [2.75, 3.05) is 20.2 Å². The second kappa shape index (κ2) is 4.85. The second-order valence-corrected chi connectivity index (χ2v) is 4.50. The van der Waals surface area contributed by atoms with Gasteiger partial charge in [-0.3, -0.25) is 0 Å². The van der Waals surface area contributed by atoms with Gasteiger partial charge in [-0.2, -0.15) is 0 Å². The third-order valence-corrected chi connectivity index (χ3v) is 3.20. The Morgan fingerprint density at radius 2 is 2.12 bits per heavy atom. The fraction of sp³-hybridized carbons (Fsp3) is 0.538. The summed E-state index contributed by atoms with van der Waals surface area (Å²) in [6.45, 7) is 1.81. The van der Waals surface area contributed by atoms with Crippen LogP contribution in [0.4, 0.5) is 0 Å². The van der Waals surface area contributed by atoms with Gasteiger partial charge in [0, 0.05) is 6.42 Å². The Kier molecular flexibility index (Phi) is 3.46. The SMILES string of the molecule is COc1cccc(CC2(O)CCNCC2)c1. The van der Waals surface area contributed by atoms with Crippen molar-refractivity contribution < 1.29 is 9.84 Å². The Hall–Kier alpha value is -1.06. The summed E-state index contributed by atoms with van der Waals surface area (Å²) in [4.78, 5) is 0. The van der Waals surface area contributed by atoms with Gasteiger partial charge in [0.1, 0.15) is 5.75 Å². The van der Waals surface area contributed by atoms with Crippen LogP contribution in [-0.2, 0) is 6.42 Å². The van der Waals surface area contributed by atoms with E-state index in [0.717, 1.165) is 37.2 Å². The third-order valence-electron chi connectivity index (χ3n) is 3.20. The van der Waals surface area contributed by atoms with Gasteiger partial charge in [-0.25, -0.2) is 0 Å². The minimum Gasteiger partial charge on any atom is -0.497 e. The summed E-state index contributed by atoms with van der Waals surface area (Å²) in [6, 6.07) is 7.94. The molecule has 3 nitrogen and oxygen atoms in total. The van der Waals surface area contributed by atoms with Crippen LogP contribution in [0.2, 0.25) is 0 Å². The lowest BCUT2D eigenvalue weighted by atomic mass is 9.86. The van der Waals surface area contributed by atoms with Crippen molar-refractivity contribution in [3.8, 4) is 5.75 Å². The quantitative estimate of drug-likeness (QED) is 0.809. The molecule has 0 bridgehead atoms. The van der Waals surface area contributed by atoms with E-state index >= 15 is 0 Å². The Labute approximate surface area is 96.4 Å². The van der Waals surface area contributed by atoms with E-state index in [1.165, 1.54) is 0 Å². The standard InChI is InChI=1S/C13H19NO2/c1-16-12-4-2-3-11(9-12)10-13(15)5-7-14-8-6-13/h2-4,9,14-15H,5-8,10H2,1H3. The van der Waals surface area contributed by atoms with E-state index in [0.29, 0.717) is 6.42 Å². The molecule has 1 saturated heterocycles. The highest BCUT2D eigenvalue weighted by Crippen LogP contribution is 2.24. The molecular weight excluding hydrogens is 202 g/mol. The maximum absolute atomic E-state index is 10.4. The lowest BCUT2D eigenvalue weighted by molar-refractivity contribution is 0.0108. The number of aliphatic hydroxyl groups is 1. The number of nitrogens with one attached hydrogen (secondary N) is 1. The molecule has 1 fully saturated rings. The number of hydrogen-bond donors (Lipinski definition) is 2. The Bertz CT molecular complexity index is 346. The summed E-state index contributed by atoms with van der Waals surface area (Å²) in [5.41, 5.74) is 0.598. The average Bonchev–Trinajstić information content (AvgIpc) is 2.29. The predicted molar refractivity (Wildman–Crippen MR) is 63.8 cm³/mol. The molecule has 1 aromatic rings. The van der Waals surface area contributed by atoms with Crippen molar-refractivity contribution in [1.82, 2.24) is 5.32 Å². The first-order valence-electron chi connectivity index (χ1n) is 5.78. The first-order chi connectivity index (χ1) is 7.72. The molecule has 1 aromatic carbocycles. The second-order valence-electron chi connectivity index (χ2n) is 4.50. The summed E-state index contributed by atoms with van der Waals surface area (Å²) in [5.74, 6) is 0.857. The number of rotatable bonds is 3. The van der Waals surface area contributed by atoms with Crippen LogP contribution in [-0.4, -0.2) is 30.9 Å². The molecule has 0 amide bonds. The number of hydrogen-bond acceptors (Lipinski definition) is 3. The van der Waals surface area contributed by atoms with E-state index in [-0.39, 0.29) is 0 Å². The molecule has 1 aliphatic rings. The van der Waals surface area contributed by atoms with Crippen LogP contribution in [0.25, 0.3) is 0 Å². The first kappa shape index (κ1) is 11.4. The average molecular weight is 221 g/mol. The Balaban J connectivity index is 2.07. The number of ether oxygens (including phenoxy) is 1. The van der Waals surface area contributed by atoms with E-state index in [9.17, 15) is 5.11 Å². The molecule has 0 unspecified atom stereocenters. The number of benzene rings is 1. The smallest absolute Gasteiger partial charge is 0.119 e.